The molecule has 0 unspecified atom stereocenters. The molecule has 0 saturated heterocycles. The van der Waals surface area contributed by atoms with Crippen molar-refractivity contribution in [3.05, 3.63) is 29.6 Å². The molecule has 0 spiro atoms. The number of halogens is 1. The first-order chi connectivity index (χ1) is 8.22. The zero-order chi connectivity index (χ0) is 12.7. The third-order valence-electron chi connectivity index (χ3n) is 2.70. The Balaban J connectivity index is 2.91. The first-order valence-electron chi connectivity index (χ1n) is 5.98. The number of nitrogens with zero attached hydrogens (tertiary/aromatic N) is 1. The fraction of sp³-hybridized carbons (Fsp3) is 0.538. The van der Waals surface area contributed by atoms with E-state index in [4.69, 9.17) is 5.11 Å². The molecule has 0 amide bonds. The largest absolute Gasteiger partial charge is 0.395 e. The fourth-order valence-corrected chi connectivity index (χ4v) is 1.81. The lowest BCUT2D eigenvalue weighted by atomic mass is 10.1. The number of benzene rings is 1. The zero-order valence-electron chi connectivity index (χ0n) is 10.2. The molecule has 0 aliphatic heterocycles. The van der Waals surface area contributed by atoms with Gasteiger partial charge < -0.3 is 15.1 Å². The molecule has 2 N–H and O–H groups in total. The Bertz CT molecular complexity index is 344. The Kier molecular flexibility index (Phi) is 5.94. The molecule has 0 bridgehead atoms. The van der Waals surface area contributed by atoms with Crippen molar-refractivity contribution in [1.29, 1.82) is 0 Å². The molecule has 3 nitrogen and oxygen atoms in total. The molecule has 0 aliphatic carbocycles. The van der Waals surface area contributed by atoms with Crippen molar-refractivity contribution in [2.24, 2.45) is 0 Å². The van der Waals surface area contributed by atoms with Crippen LogP contribution in [0.1, 0.15) is 25.3 Å². The van der Waals surface area contributed by atoms with Gasteiger partial charge in [0.05, 0.1) is 13.2 Å². The van der Waals surface area contributed by atoms with Crippen LogP contribution in [-0.2, 0) is 6.61 Å². The van der Waals surface area contributed by atoms with Gasteiger partial charge in [-0.1, -0.05) is 13.3 Å². The SMILES string of the molecule is CCCCN(CCO)c1ccc(F)cc1CO. The number of unbranched alkanes of at least 4 members (excludes halogenated alkanes) is 1. The van der Waals surface area contributed by atoms with Gasteiger partial charge in [-0.05, 0) is 24.6 Å². The summed E-state index contributed by atoms with van der Waals surface area (Å²) in [6, 6.07) is 4.38. The van der Waals surface area contributed by atoms with Crippen molar-refractivity contribution in [3.8, 4) is 0 Å². The Labute approximate surface area is 101 Å². The zero-order valence-corrected chi connectivity index (χ0v) is 10.2. The second kappa shape index (κ2) is 7.25. The number of hydrogen-bond donors (Lipinski definition) is 2. The van der Waals surface area contributed by atoms with Crippen LogP contribution in [0.4, 0.5) is 10.1 Å². The van der Waals surface area contributed by atoms with E-state index >= 15 is 0 Å². The molecule has 17 heavy (non-hydrogen) atoms. The summed E-state index contributed by atoms with van der Waals surface area (Å²) in [6.45, 7) is 3.25. The lowest BCUT2D eigenvalue weighted by Gasteiger charge is -2.26. The maximum Gasteiger partial charge on any atom is 0.123 e. The molecule has 0 atom stereocenters. The second-order valence-electron chi connectivity index (χ2n) is 4.00. The first-order valence-corrected chi connectivity index (χ1v) is 5.98. The van der Waals surface area contributed by atoms with Gasteiger partial charge in [0.2, 0.25) is 0 Å². The average Bonchev–Trinajstić information content (AvgIpc) is 2.34. The van der Waals surface area contributed by atoms with Crippen LogP contribution >= 0.6 is 0 Å². The molecule has 1 rings (SSSR count). The van der Waals surface area contributed by atoms with E-state index in [0.717, 1.165) is 25.1 Å². The minimum Gasteiger partial charge on any atom is -0.395 e. The van der Waals surface area contributed by atoms with Gasteiger partial charge in [0.15, 0.2) is 0 Å². The lowest BCUT2D eigenvalue weighted by molar-refractivity contribution is 0.280. The van der Waals surface area contributed by atoms with E-state index in [2.05, 4.69) is 6.92 Å². The van der Waals surface area contributed by atoms with Gasteiger partial charge in [-0.25, -0.2) is 4.39 Å². The minimum absolute atomic E-state index is 0.0476. The molecule has 96 valence electrons. The standard InChI is InChI=1S/C13H20FNO2/c1-2-3-6-15(7-8-16)13-5-4-12(14)9-11(13)10-17/h4-5,9,16-17H,2-3,6-8,10H2,1H3. The molecule has 0 saturated carbocycles. The van der Waals surface area contributed by atoms with Crippen LogP contribution in [-0.4, -0.2) is 29.9 Å². The highest BCUT2D eigenvalue weighted by atomic mass is 19.1. The van der Waals surface area contributed by atoms with E-state index in [9.17, 15) is 9.50 Å². The Morgan fingerprint density at radius 2 is 2.00 bits per heavy atom. The van der Waals surface area contributed by atoms with Crippen molar-refractivity contribution in [2.75, 3.05) is 24.6 Å². The summed E-state index contributed by atoms with van der Waals surface area (Å²) in [7, 11) is 0. The van der Waals surface area contributed by atoms with Gasteiger partial charge in [-0.15, -0.1) is 0 Å². The molecular formula is C13H20FNO2. The highest BCUT2D eigenvalue weighted by Crippen LogP contribution is 2.22. The average molecular weight is 241 g/mol. The number of aliphatic hydroxyl groups excluding tert-OH is 2. The van der Waals surface area contributed by atoms with Gasteiger partial charge in [-0.2, -0.15) is 0 Å². The van der Waals surface area contributed by atoms with Crippen LogP contribution in [0.25, 0.3) is 0 Å². The van der Waals surface area contributed by atoms with Crippen LogP contribution in [0.15, 0.2) is 18.2 Å². The summed E-state index contributed by atoms with van der Waals surface area (Å²) in [4.78, 5) is 1.98. The van der Waals surface area contributed by atoms with Crippen LogP contribution in [0, 0.1) is 5.82 Å². The first kappa shape index (κ1) is 13.9. The summed E-state index contributed by atoms with van der Waals surface area (Å²) in [6.07, 6.45) is 2.06. The summed E-state index contributed by atoms with van der Waals surface area (Å²) in [5.74, 6) is -0.350. The molecule has 0 aromatic heterocycles. The lowest BCUT2D eigenvalue weighted by Crippen LogP contribution is -2.28. The monoisotopic (exact) mass is 241 g/mol. The predicted molar refractivity (Wildman–Crippen MR) is 66.5 cm³/mol. The van der Waals surface area contributed by atoms with Crippen molar-refractivity contribution < 1.29 is 14.6 Å². The second-order valence-corrected chi connectivity index (χ2v) is 4.00. The van der Waals surface area contributed by atoms with Crippen LogP contribution in [0.5, 0.6) is 0 Å². The van der Waals surface area contributed by atoms with Crippen LogP contribution in [0.2, 0.25) is 0 Å². The van der Waals surface area contributed by atoms with E-state index in [1.807, 2.05) is 4.90 Å². The Morgan fingerprint density at radius 3 is 2.59 bits per heavy atom. The molecule has 4 heteroatoms. The molecule has 0 aliphatic rings. The van der Waals surface area contributed by atoms with Gasteiger partial charge in [0.25, 0.3) is 0 Å². The minimum atomic E-state index is -0.350. The third kappa shape index (κ3) is 3.98. The number of rotatable bonds is 7. The maximum absolute atomic E-state index is 13.1. The highest BCUT2D eigenvalue weighted by molar-refractivity contribution is 5.53. The quantitative estimate of drug-likeness (QED) is 0.766. The van der Waals surface area contributed by atoms with E-state index in [1.165, 1.54) is 12.1 Å². The van der Waals surface area contributed by atoms with Crippen molar-refractivity contribution in [1.82, 2.24) is 0 Å². The van der Waals surface area contributed by atoms with Gasteiger partial charge in [-0.3, -0.25) is 0 Å². The van der Waals surface area contributed by atoms with E-state index < -0.39 is 0 Å². The molecule has 0 fully saturated rings. The normalized spacial score (nSPS) is 10.6. The molecule has 1 aromatic rings. The highest BCUT2D eigenvalue weighted by Gasteiger charge is 2.10. The topological polar surface area (TPSA) is 43.7 Å². The predicted octanol–water partition coefficient (Wildman–Crippen LogP) is 1.92. The van der Waals surface area contributed by atoms with Gasteiger partial charge >= 0.3 is 0 Å². The summed E-state index contributed by atoms with van der Waals surface area (Å²) >= 11 is 0. The number of anilines is 1. The van der Waals surface area contributed by atoms with Crippen LogP contribution in [0.3, 0.4) is 0 Å². The van der Waals surface area contributed by atoms with E-state index in [-0.39, 0.29) is 19.0 Å². The molecule has 0 heterocycles. The third-order valence-corrected chi connectivity index (χ3v) is 2.70. The summed E-state index contributed by atoms with van der Waals surface area (Å²) in [5.41, 5.74) is 1.37. The van der Waals surface area contributed by atoms with E-state index in [0.29, 0.717) is 12.1 Å². The molecule has 0 radical (unpaired) electrons. The van der Waals surface area contributed by atoms with Crippen molar-refractivity contribution in [2.45, 2.75) is 26.4 Å². The summed E-state index contributed by atoms with van der Waals surface area (Å²) < 4.78 is 13.1. The Hall–Kier alpha value is -1.13. The van der Waals surface area contributed by atoms with Crippen LogP contribution < -0.4 is 4.90 Å². The number of aliphatic hydroxyl groups is 2. The van der Waals surface area contributed by atoms with E-state index in [1.54, 1.807) is 6.07 Å². The maximum atomic E-state index is 13.1. The molecule has 1 aromatic carbocycles. The molecular weight excluding hydrogens is 221 g/mol. The van der Waals surface area contributed by atoms with Crippen molar-refractivity contribution >= 4 is 5.69 Å². The number of hydrogen-bond acceptors (Lipinski definition) is 3. The smallest absolute Gasteiger partial charge is 0.123 e. The van der Waals surface area contributed by atoms with Crippen molar-refractivity contribution in [3.63, 3.8) is 0 Å². The fourth-order valence-electron chi connectivity index (χ4n) is 1.81. The summed E-state index contributed by atoms with van der Waals surface area (Å²) in [5, 5.41) is 18.3. The Morgan fingerprint density at radius 1 is 1.24 bits per heavy atom. The van der Waals surface area contributed by atoms with Gasteiger partial charge in [0, 0.05) is 24.3 Å². The van der Waals surface area contributed by atoms with Gasteiger partial charge in [0.1, 0.15) is 5.82 Å².